The Morgan fingerprint density at radius 2 is 1.94 bits per heavy atom. The maximum absolute atomic E-state index is 11.8. The lowest BCUT2D eigenvalue weighted by Crippen LogP contribution is -2.44. The van der Waals surface area contributed by atoms with Gasteiger partial charge in [0, 0.05) is 19.2 Å². The van der Waals surface area contributed by atoms with Crippen molar-refractivity contribution in [3.63, 3.8) is 0 Å². The van der Waals surface area contributed by atoms with E-state index < -0.39 is 15.3 Å². The van der Waals surface area contributed by atoms with Crippen molar-refractivity contribution >= 4 is 10.0 Å². The first kappa shape index (κ1) is 13.9. The molecule has 0 aromatic heterocycles. The first-order chi connectivity index (χ1) is 7.45. The molecule has 16 heavy (non-hydrogen) atoms. The van der Waals surface area contributed by atoms with E-state index in [1.165, 1.54) is 7.11 Å². The first-order valence-electron chi connectivity index (χ1n) is 5.71. The third-order valence-corrected chi connectivity index (χ3v) is 4.89. The Morgan fingerprint density at radius 3 is 2.44 bits per heavy atom. The van der Waals surface area contributed by atoms with Crippen LogP contribution in [0.4, 0.5) is 0 Å². The predicted molar refractivity (Wildman–Crippen MR) is 63.6 cm³/mol. The van der Waals surface area contributed by atoms with Crippen molar-refractivity contribution in [1.82, 2.24) is 4.72 Å². The van der Waals surface area contributed by atoms with Gasteiger partial charge in [-0.15, -0.1) is 0 Å². The van der Waals surface area contributed by atoms with Crippen molar-refractivity contribution in [2.24, 2.45) is 5.73 Å². The molecule has 0 aliphatic heterocycles. The Labute approximate surface area is 97.8 Å². The fourth-order valence-corrected chi connectivity index (χ4v) is 3.16. The largest absolute Gasteiger partial charge is 0.383 e. The molecule has 0 spiro atoms. The van der Waals surface area contributed by atoms with Crippen LogP contribution in [0, 0.1) is 0 Å². The predicted octanol–water partition coefficient (Wildman–Crippen LogP) is 0.211. The van der Waals surface area contributed by atoms with E-state index in [1.54, 1.807) is 6.92 Å². The van der Waals surface area contributed by atoms with Gasteiger partial charge in [0.15, 0.2) is 0 Å². The third-order valence-electron chi connectivity index (χ3n) is 3.03. The molecule has 1 rings (SSSR count). The van der Waals surface area contributed by atoms with Crippen molar-refractivity contribution in [3.8, 4) is 0 Å². The van der Waals surface area contributed by atoms with E-state index >= 15 is 0 Å². The molecule has 1 aliphatic carbocycles. The van der Waals surface area contributed by atoms with Crippen LogP contribution >= 0.6 is 0 Å². The molecule has 1 fully saturated rings. The zero-order chi connectivity index (χ0) is 12.2. The molecule has 96 valence electrons. The van der Waals surface area contributed by atoms with Crippen LogP contribution in [0.2, 0.25) is 0 Å². The second-order valence-electron chi connectivity index (χ2n) is 4.54. The minimum absolute atomic E-state index is 0.0455. The summed E-state index contributed by atoms with van der Waals surface area (Å²) >= 11 is 0. The molecule has 0 radical (unpaired) electrons. The Balaban J connectivity index is 2.46. The second kappa shape index (κ2) is 5.95. The Kier molecular flexibility index (Phi) is 5.17. The lowest BCUT2D eigenvalue weighted by molar-refractivity contribution is 0.199. The van der Waals surface area contributed by atoms with Gasteiger partial charge in [0.2, 0.25) is 10.0 Å². The Bertz CT molecular complexity index is 297. The van der Waals surface area contributed by atoms with Gasteiger partial charge in [-0.2, -0.15) is 0 Å². The highest BCUT2D eigenvalue weighted by Crippen LogP contribution is 2.18. The van der Waals surface area contributed by atoms with Crippen LogP contribution in [0.1, 0.15) is 32.6 Å². The molecule has 1 atom stereocenters. The summed E-state index contributed by atoms with van der Waals surface area (Å²) in [6, 6.07) is 0.279. The molecule has 0 amide bonds. The average molecular weight is 250 g/mol. The number of rotatable bonds is 5. The molecule has 0 aromatic carbocycles. The average Bonchev–Trinajstić information content (AvgIpc) is 2.21. The van der Waals surface area contributed by atoms with Crippen molar-refractivity contribution < 1.29 is 13.2 Å². The number of sulfonamides is 1. The number of methoxy groups -OCH3 is 1. The van der Waals surface area contributed by atoms with Gasteiger partial charge >= 0.3 is 0 Å². The summed E-state index contributed by atoms with van der Waals surface area (Å²) in [5.74, 6) is 0. The van der Waals surface area contributed by atoms with Gasteiger partial charge in [-0.3, -0.25) is 0 Å². The highest BCUT2D eigenvalue weighted by Gasteiger charge is 2.26. The van der Waals surface area contributed by atoms with Crippen molar-refractivity contribution in [2.45, 2.75) is 49.9 Å². The minimum Gasteiger partial charge on any atom is -0.383 e. The standard InChI is InChI=1S/C10H22N2O3S/c1-8(7-15-2)16(13,14)12-10-5-3-9(11)4-6-10/h8-10,12H,3-7,11H2,1-2H3. The number of nitrogens with two attached hydrogens (primary N) is 1. The molecule has 0 saturated heterocycles. The van der Waals surface area contributed by atoms with Gasteiger partial charge in [0.25, 0.3) is 0 Å². The van der Waals surface area contributed by atoms with Crippen molar-refractivity contribution in [2.75, 3.05) is 13.7 Å². The van der Waals surface area contributed by atoms with E-state index in [0.717, 1.165) is 25.7 Å². The topological polar surface area (TPSA) is 81.4 Å². The zero-order valence-electron chi connectivity index (χ0n) is 9.98. The molecule has 1 aliphatic rings. The molecule has 5 nitrogen and oxygen atoms in total. The maximum Gasteiger partial charge on any atom is 0.216 e. The number of nitrogens with one attached hydrogen (secondary N) is 1. The minimum atomic E-state index is -3.26. The summed E-state index contributed by atoms with van der Waals surface area (Å²) in [5.41, 5.74) is 5.77. The Morgan fingerprint density at radius 1 is 1.38 bits per heavy atom. The summed E-state index contributed by atoms with van der Waals surface area (Å²) < 4.78 is 31.3. The fraction of sp³-hybridized carbons (Fsp3) is 1.00. The van der Waals surface area contributed by atoms with E-state index in [4.69, 9.17) is 10.5 Å². The second-order valence-corrected chi connectivity index (χ2v) is 6.67. The quantitative estimate of drug-likeness (QED) is 0.731. The van der Waals surface area contributed by atoms with Crippen LogP contribution in [-0.4, -0.2) is 39.5 Å². The number of ether oxygens (including phenoxy) is 1. The van der Waals surface area contributed by atoms with Crippen molar-refractivity contribution in [3.05, 3.63) is 0 Å². The SMILES string of the molecule is COCC(C)S(=O)(=O)NC1CCC(N)CC1. The molecular weight excluding hydrogens is 228 g/mol. The van der Waals surface area contributed by atoms with Crippen LogP contribution in [-0.2, 0) is 14.8 Å². The number of hydrogen-bond donors (Lipinski definition) is 2. The summed E-state index contributed by atoms with van der Waals surface area (Å²) in [6.07, 6.45) is 3.46. The van der Waals surface area contributed by atoms with E-state index in [2.05, 4.69) is 4.72 Å². The van der Waals surface area contributed by atoms with E-state index in [9.17, 15) is 8.42 Å². The normalized spacial score (nSPS) is 28.9. The Hall–Kier alpha value is -0.170. The smallest absolute Gasteiger partial charge is 0.216 e. The lowest BCUT2D eigenvalue weighted by atomic mass is 9.93. The van der Waals surface area contributed by atoms with Gasteiger partial charge in [-0.05, 0) is 32.6 Å². The molecule has 0 aromatic rings. The zero-order valence-corrected chi connectivity index (χ0v) is 10.8. The van der Waals surface area contributed by atoms with Gasteiger partial charge in [-0.1, -0.05) is 0 Å². The summed E-state index contributed by atoms with van der Waals surface area (Å²) in [4.78, 5) is 0. The third kappa shape index (κ3) is 4.01. The van der Waals surface area contributed by atoms with Crippen LogP contribution in [0.25, 0.3) is 0 Å². The van der Waals surface area contributed by atoms with Gasteiger partial charge < -0.3 is 10.5 Å². The monoisotopic (exact) mass is 250 g/mol. The first-order valence-corrected chi connectivity index (χ1v) is 7.26. The van der Waals surface area contributed by atoms with E-state index in [1.807, 2.05) is 0 Å². The molecule has 1 unspecified atom stereocenters. The summed E-state index contributed by atoms with van der Waals surface area (Å²) in [5, 5.41) is -0.506. The lowest BCUT2D eigenvalue weighted by Gasteiger charge is -2.27. The van der Waals surface area contributed by atoms with Crippen LogP contribution in [0.5, 0.6) is 0 Å². The number of hydrogen-bond acceptors (Lipinski definition) is 4. The van der Waals surface area contributed by atoms with Crippen LogP contribution < -0.4 is 10.5 Å². The summed E-state index contributed by atoms with van der Waals surface area (Å²) in [7, 11) is -1.75. The molecule has 3 N–H and O–H groups in total. The maximum atomic E-state index is 11.8. The van der Waals surface area contributed by atoms with Crippen LogP contribution in [0.3, 0.4) is 0 Å². The van der Waals surface area contributed by atoms with Gasteiger partial charge in [-0.25, -0.2) is 13.1 Å². The van der Waals surface area contributed by atoms with E-state index in [-0.39, 0.29) is 18.7 Å². The molecule has 1 saturated carbocycles. The highest BCUT2D eigenvalue weighted by molar-refractivity contribution is 7.90. The highest BCUT2D eigenvalue weighted by atomic mass is 32.2. The van der Waals surface area contributed by atoms with Gasteiger partial charge in [0.1, 0.15) is 0 Å². The summed E-state index contributed by atoms with van der Waals surface area (Å²) in [6.45, 7) is 1.88. The fourth-order valence-electron chi connectivity index (χ4n) is 1.91. The van der Waals surface area contributed by atoms with Crippen LogP contribution in [0.15, 0.2) is 0 Å². The molecule has 0 bridgehead atoms. The molecular formula is C10H22N2O3S. The molecule has 6 heteroatoms. The van der Waals surface area contributed by atoms with E-state index in [0.29, 0.717) is 0 Å². The van der Waals surface area contributed by atoms with Crippen molar-refractivity contribution in [1.29, 1.82) is 0 Å². The van der Waals surface area contributed by atoms with Gasteiger partial charge in [0.05, 0.1) is 11.9 Å². The molecule has 0 heterocycles.